The van der Waals surface area contributed by atoms with E-state index in [4.69, 9.17) is 4.74 Å². The lowest BCUT2D eigenvalue weighted by atomic mass is 10.1. The van der Waals surface area contributed by atoms with E-state index in [2.05, 4.69) is 27.6 Å². The monoisotopic (exact) mass is 391 g/mol. The summed E-state index contributed by atoms with van der Waals surface area (Å²) in [5, 5.41) is 10.6. The van der Waals surface area contributed by atoms with Crippen molar-refractivity contribution in [3.05, 3.63) is 65.6 Å². The zero-order chi connectivity index (χ0) is 20.2. The summed E-state index contributed by atoms with van der Waals surface area (Å²) < 4.78 is 7.66. The minimum absolute atomic E-state index is 0.253. The molecule has 2 N–H and O–H groups in total. The highest BCUT2D eigenvalue weighted by Gasteiger charge is 2.18. The maximum absolute atomic E-state index is 12.5. The van der Waals surface area contributed by atoms with Crippen molar-refractivity contribution >= 4 is 11.6 Å². The topological polar surface area (TPSA) is 81.1 Å². The van der Waals surface area contributed by atoms with E-state index >= 15 is 0 Å². The quantitative estimate of drug-likeness (QED) is 0.690. The van der Waals surface area contributed by atoms with Gasteiger partial charge in [-0.05, 0) is 68.6 Å². The first-order chi connectivity index (χ1) is 14.1. The van der Waals surface area contributed by atoms with E-state index in [-0.39, 0.29) is 5.91 Å². The van der Waals surface area contributed by atoms with Crippen molar-refractivity contribution in [2.75, 3.05) is 18.4 Å². The van der Waals surface area contributed by atoms with E-state index in [1.807, 2.05) is 36.0 Å². The number of amides is 1. The predicted octanol–water partition coefficient (Wildman–Crippen LogP) is 3.86. The molecule has 3 heterocycles. The maximum atomic E-state index is 12.5. The molecule has 0 radical (unpaired) electrons. The highest BCUT2D eigenvalue weighted by molar-refractivity contribution is 6.02. The van der Waals surface area contributed by atoms with E-state index in [1.54, 1.807) is 24.4 Å². The third-order valence-corrected chi connectivity index (χ3v) is 5.18. The summed E-state index contributed by atoms with van der Waals surface area (Å²) in [7, 11) is 0. The van der Waals surface area contributed by atoms with Crippen LogP contribution in [-0.4, -0.2) is 33.8 Å². The summed E-state index contributed by atoms with van der Waals surface area (Å²) in [6.07, 6.45) is 5.64. The van der Waals surface area contributed by atoms with Crippen LogP contribution in [0.5, 0.6) is 11.6 Å². The van der Waals surface area contributed by atoms with Crippen LogP contribution in [0.1, 0.15) is 40.5 Å². The minimum atomic E-state index is -0.253. The van der Waals surface area contributed by atoms with Crippen molar-refractivity contribution in [1.29, 1.82) is 0 Å². The first-order valence-corrected chi connectivity index (χ1v) is 9.87. The Morgan fingerprint density at radius 3 is 2.83 bits per heavy atom. The molecule has 0 spiro atoms. The van der Waals surface area contributed by atoms with Gasteiger partial charge in [0.25, 0.3) is 5.91 Å². The average Bonchev–Trinajstić information content (AvgIpc) is 3.23. The molecular weight excluding hydrogens is 366 g/mol. The van der Waals surface area contributed by atoms with Gasteiger partial charge in [0.05, 0.1) is 17.9 Å². The molecule has 0 aliphatic carbocycles. The number of ether oxygens (including phenoxy) is 1. The smallest absolute Gasteiger partial charge is 0.276 e. The molecule has 1 aromatic carbocycles. The van der Waals surface area contributed by atoms with Crippen molar-refractivity contribution in [3.63, 3.8) is 0 Å². The van der Waals surface area contributed by atoms with Crippen LogP contribution < -0.4 is 15.4 Å². The number of benzene rings is 1. The lowest BCUT2D eigenvalue weighted by molar-refractivity contribution is 0.102. The predicted molar refractivity (Wildman–Crippen MR) is 112 cm³/mol. The van der Waals surface area contributed by atoms with Crippen molar-refractivity contribution in [1.82, 2.24) is 20.1 Å². The fourth-order valence-electron chi connectivity index (χ4n) is 3.33. The molecule has 1 fully saturated rings. The highest BCUT2D eigenvalue weighted by Crippen LogP contribution is 2.23. The Balaban J connectivity index is 1.37. The molecule has 2 aromatic heterocycles. The van der Waals surface area contributed by atoms with Crippen LogP contribution in [-0.2, 0) is 0 Å². The van der Waals surface area contributed by atoms with Crippen LogP contribution in [0.25, 0.3) is 0 Å². The summed E-state index contributed by atoms with van der Waals surface area (Å²) in [6.45, 7) is 6.03. The van der Waals surface area contributed by atoms with E-state index < -0.39 is 0 Å². The van der Waals surface area contributed by atoms with Gasteiger partial charge in [-0.1, -0.05) is 6.07 Å². The number of aromatic nitrogens is 3. The second kappa shape index (κ2) is 8.45. The summed E-state index contributed by atoms with van der Waals surface area (Å²) in [5.41, 5.74) is 3.36. The summed E-state index contributed by atoms with van der Waals surface area (Å²) in [5.74, 6) is 0.956. The van der Waals surface area contributed by atoms with Crippen LogP contribution in [0.2, 0.25) is 0 Å². The number of aryl methyl sites for hydroxylation is 2. The third-order valence-electron chi connectivity index (χ3n) is 5.18. The number of rotatable bonds is 5. The Morgan fingerprint density at radius 2 is 2.10 bits per heavy atom. The Labute approximate surface area is 170 Å². The van der Waals surface area contributed by atoms with Gasteiger partial charge >= 0.3 is 0 Å². The molecule has 0 saturated carbocycles. The van der Waals surface area contributed by atoms with Crippen LogP contribution in [0.3, 0.4) is 0 Å². The van der Waals surface area contributed by atoms with Crippen molar-refractivity contribution in [2.24, 2.45) is 0 Å². The van der Waals surface area contributed by atoms with Gasteiger partial charge in [-0.15, -0.1) is 0 Å². The fraction of sp³-hybridized carbons (Fsp3) is 0.318. The number of hydrogen-bond acceptors (Lipinski definition) is 5. The Morgan fingerprint density at radius 1 is 1.21 bits per heavy atom. The number of carbonyl (C=O) groups excluding carboxylic acids is 1. The first-order valence-electron chi connectivity index (χ1n) is 9.87. The molecule has 1 saturated heterocycles. The molecule has 1 amide bonds. The Kier molecular flexibility index (Phi) is 5.57. The summed E-state index contributed by atoms with van der Waals surface area (Å²) in [6, 6.07) is 11.5. The number of nitrogens with zero attached hydrogens (tertiary/aromatic N) is 3. The molecule has 1 atom stereocenters. The standard InChI is InChI=1S/C22H25N5O2/c1-15-5-7-19(12-16(15)2)29-21-8-6-17(13-24-21)25-22(28)20-9-11-27(26-20)18-4-3-10-23-14-18/h5-9,11-13,18,23H,3-4,10,14H2,1-2H3,(H,25,28). The van der Waals surface area contributed by atoms with E-state index in [9.17, 15) is 4.79 Å². The van der Waals surface area contributed by atoms with Gasteiger partial charge < -0.3 is 15.4 Å². The van der Waals surface area contributed by atoms with Crippen LogP contribution >= 0.6 is 0 Å². The fourth-order valence-corrected chi connectivity index (χ4v) is 3.33. The van der Waals surface area contributed by atoms with E-state index in [1.165, 1.54) is 5.56 Å². The number of nitrogens with one attached hydrogen (secondary N) is 2. The lowest BCUT2D eigenvalue weighted by Crippen LogP contribution is -2.32. The Bertz CT molecular complexity index is 991. The maximum Gasteiger partial charge on any atom is 0.276 e. The molecule has 3 aromatic rings. The molecule has 7 nitrogen and oxygen atoms in total. The number of piperidine rings is 1. The van der Waals surface area contributed by atoms with E-state index in [0.717, 1.165) is 37.2 Å². The molecule has 150 valence electrons. The van der Waals surface area contributed by atoms with Crippen molar-refractivity contribution in [3.8, 4) is 11.6 Å². The zero-order valence-electron chi connectivity index (χ0n) is 16.7. The van der Waals surface area contributed by atoms with Gasteiger partial charge in [0, 0.05) is 18.8 Å². The van der Waals surface area contributed by atoms with Gasteiger partial charge in [0.2, 0.25) is 5.88 Å². The molecule has 1 unspecified atom stereocenters. The average molecular weight is 391 g/mol. The Hall–Kier alpha value is -3.19. The van der Waals surface area contributed by atoms with Crippen LogP contribution in [0, 0.1) is 13.8 Å². The van der Waals surface area contributed by atoms with E-state index in [0.29, 0.717) is 23.3 Å². The number of hydrogen-bond donors (Lipinski definition) is 2. The molecule has 1 aliphatic heterocycles. The third kappa shape index (κ3) is 4.63. The SMILES string of the molecule is Cc1ccc(Oc2ccc(NC(=O)c3ccn(C4CCCNC4)n3)cn2)cc1C. The first kappa shape index (κ1) is 19.1. The molecule has 1 aliphatic rings. The second-order valence-corrected chi connectivity index (χ2v) is 7.37. The van der Waals surface area contributed by atoms with Crippen LogP contribution in [0.4, 0.5) is 5.69 Å². The zero-order valence-corrected chi connectivity index (χ0v) is 16.7. The highest BCUT2D eigenvalue weighted by atomic mass is 16.5. The largest absolute Gasteiger partial charge is 0.439 e. The number of carbonyl (C=O) groups is 1. The second-order valence-electron chi connectivity index (χ2n) is 7.37. The van der Waals surface area contributed by atoms with Crippen LogP contribution in [0.15, 0.2) is 48.8 Å². The van der Waals surface area contributed by atoms with Gasteiger partial charge in [-0.3, -0.25) is 9.48 Å². The number of pyridine rings is 1. The van der Waals surface area contributed by atoms with Crippen molar-refractivity contribution < 1.29 is 9.53 Å². The number of anilines is 1. The van der Waals surface area contributed by atoms with Crippen molar-refractivity contribution in [2.45, 2.75) is 32.7 Å². The van der Waals surface area contributed by atoms with Gasteiger partial charge in [0.1, 0.15) is 5.75 Å². The van der Waals surface area contributed by atoms with Gasteiger partial charge in [0.15, 0.2) is 5.69 Å². The molecular formula is C22H25N5O2. The lowest BCUT2D eigenvalue weighted by Gasteiger charge is -2.22. The summed E-state index contributed by atoms with van der Waals surface area (Å²) in [4.78, 5) is 16.8. The normalized spacial score (nSPS) is 16.4. The van der Waals surface area contributed by atoms with Gasteiger partial charge in [-0.2, -0.15) is 5.10 Å². The minimum Gasteiger partial charge on any atom is -0.439 e. The summed E-state index contributed by atoms with van der Waals surface area (Å²) >= 11 is 0. The molecule has 7 heteroatoms. The molecule has 0 bridgehead atoms. The molecule has 29 heavy (non-hydrogen) atoms. The van der Waals surface area contributed by atoms with Gasteiger partial charge in [-0.25, -0.2) is 4.98 Å². The molecule has 4 rings (SSSR count).